The Kier molecular flexibility index (Phi) is 4.98. The van der Waals surface area contributed by atoms with Crippen LogP contribution in [0, 0.1) is 0 Å². The van der Waals surface area contributed by atoms with Crippen molar-refractivity contribution in [2.75, 3.05) is 20.3 Å². The number of carbonyl (C=O) groups excluding carboxylic acids is 1. The summed E-state index contributed by atoms with van der Waals surface area (Å²) in [5.41, 5.74) is -0.0372. The van der Waals surface area contributed by atoms with Gasteiger partial charge in [0, 0.05) is 7.05 Å². The minimum Gasteiger partial charge on any atom is -0.490 e. The average Bonchev–Trinajstić information content (AvgIpc) is 2.36. The lowest BCUT2D eigenvalue weighted by molar-refractivity contribution is -0.122. The van der Waals surface area contributed by atoms with Gasteiger partial charge in [-0.25, -0.2) is 4.79 Å². The third-order valence-corrected chi connectivity index (χ3v) is 2.14. The molecule has 18 heavy (non-hydrogen) atoms. The number of rotatable bonds is 6. The molecule has 0 fully saturated rings. The molecule has 0 bridgehead atoms. The van der Waals surface area contributed by atoms with Crippen LogP contribution < -0.4 is 14.8 Å². The van der Waals surface area contributed by atoms with Gasteiger partial charge in [-0.05, 0) is 19.1 Å². The third kappa shape index (κ3) is 3.38. The Morgan fingerprint density at radius 1 is 1.33 bits per heavy atom. The number of ether oxygens (including phenoxy) is 2. The van der Waals surface area contributed by atoms with Gasteiger partial charge in [0.05, 0.1) is 6.61 Å². The van der Waals surface area contributed by atoms with E-state index in [1.807, 2.05) is 0 Å². The van der Waals surface area contributed by atoms with E-state index in [0.29, 0.717) is 12.4 Å². The largest absolute Gasteiger partial charge is 0.490 e. The zero-order valence-corrected chi connectivity index (χ0v) is 10.2. The van der Waals surface area contributed by atoms with E-state index < -0.39 is 5.97 Å². The maximum absolute atomic E-state index is 11.1. The second-order valence-corrected chi connectivity index (χ2v) is 3.33. The molecule has 0 aliphatic carbocycles. The summed E-state index contributed by atoms with van der Waals surface area (Å²) in [5.74, 6) is -1.11. The Labute approximate surface area is 105 Å². The van der Waals surface area contributed by atoms with E-state index in [1.54, 1.807) is 19.1 Å². The van der Waals surface area contributed by atoms with Crippen LogP contribution in [0.2, 0.25) is 0 Å². The van der Waals surface area contributed by atoms with Crippen LogP contribution in [0.3, 0.4) is 0 Å². The van der Waals surface area contributed by atoms with Crippen LogP contribution in [-0.2, 0) is 4.79 Å². The molecule has 0 aromatic heterocycles. The first-order chi connectivity index (χ1) is 8.60. The minimum atomic E-state index is -1.14. The molecule has 6 heteroatoms. The number of amides is 1. The number of carboxylic acids is 1. The van der Waals surface area contributed by atoms with Gasteiger partial charge in [0.25, 0.3) is 5.91 Å². The summed E-state index contributed by atoms with van der Waals surface area (Å²) < 4.78 is 10.5. The van der Waals surface area contributed by atoms with Gasteiger partial charge in [-0.3, -0.25) is 4.79 Å². The summed E-state index contributed by atoms with van der Waals surface area (Å²) in [6, 6.07) is 4.54. The molecule has 0 radical (unpaired) electrons. The van der Waals surface area contributed by atoms with Crippen LogP contribution in [0.4, 0.5) is 0 Å². The highest BCUT2D eigenvalue weighted by atomic mass is 16.5. The molecule has 0 saturated heterocycles. The van der Waals surface area contributed by atoms with Gasteiger partial charge in [-0.15, -0.1) is 0 Å². The van der Waals surface area contributed by atoms with Gasteiger partial charge in [-0.1, -0.05) is 6.07 Å². The summed E-state index contributed by atoms with van der Waals surface area (Å²) in [7, 11) is 1.47. The second kappa shape index (κ2) is 6.48. The monoisotopic (exact) mass is 253 g/mol. The number of likely N-dealkylation sites (N-methyl/N-ethyl adjacent to an activating group) is 1. The van der Waals surface area contributed by atoms with Gasteiger partial charge in [-0.2, -0.15) is 0 Å². The molecule has 1 rings (SSSR count). The number of carbonyl (C=O) groups is 2. The van der Waals surface area contributed by atoms with E-state index in [9.17, 15) is 9.59 Å². The molecule has 0 unspecified atom stereocenters. The van der Waals surface area contributed by atoms with Crippen molar-refractivity contribution in [3.8, 4) is 11.5 Å². The van der Waals surface area contributed by atoms with Crippen LogP contribution in [0.25, 0.3) is 0 Å². The van der Waals surface area contributed by atoms with E-state index in [4.69, 9.17) is 14.6 Å². The van der Waals surface area contributed by atoms with Crippen molar-refractivity contribution in [3.63, 3.8) is 0 Å². The third-order valence-electron chi connectivity index (χ3n) is 2.14. The highest BCUT2D eigenvalue weighted by molar-refractivity contribution is 5.92. The maximum atomic E-state index is 11.1. The van der Waals surface area contributed by atoms with Gasteiger partial charge in [0.1, 0.15) is 5.56 Å². The van der Waals surface area contributed by atoms with E-state index in [1.165, 1.54) is 13.1 Å². The quantitative estimate of drug-likeness (QED) is 0.787. The molecule has 0 spiro atoms. The molecular weight excluding hydrogens is 238 g/mol. The number of hydrogen-bond acceptors (Lipinski definition) is 4. The minimum absolute atomic E-state index is 0.0372. The Hall–Kier alpha value is -2.24. The zero-order chi connectivity index (χ0) is 13.5. The first kappa shape index (κ1) is 13.8. The molecule has 6 nitrogen and oxygen atoms in total. The summed E-state index contributed by atoms with van der Waals surface area (Å²) >= 11 is 0. The molecule has 0 atom stereocenters. The normalized spacial score (nSPS) is 9.67. The molecule has 1 aromatic rings. The topological polar surface area (TPSA) is 84.9 Å². The Morgan fingerprint density at radius 3 is 2.61 bits per heavy atom. The van der Waals surface area contributed by atoms with Crippen LogP contribution in [0.5, 0.6) is 11.5 Å². The standard InChI is InChI=1S/C12H15NO5/c1-3-17-9-6-4-5-8(12(15)16)11(9)18-7-10(14)13-2/h4-6H,3,7H2,1-2H3,(H,13,14)(H,15,16). The Balaban J connectivity index is 3.02. The Bertz CT molecular complexity index is 444. The van der Waals surface area contributed by atoms with Gasteiger partial charge in [0.2, 0.25) is 0 Å². The fourth-order valence-electron chi connectivity index (χ4n) is 1.31. The fourth-order valence-corrected chi connectivity index (χ4v) is 1.31. The molecule has 0 heterocycles. The van der Waals surface area contributed by atoms with Crippen LogP contribution in [0.15, 0.2) is 18.2 Å². The molecule has 1 amide bonds. The van der Waals surface area contributed by atoms with Crippen molar-refractivity contribution in [1.82, 2.24) is 5.32 Å². The number of para-hydroxylation sites is 1. The van der Waals surface area contributed by atoms with Crippen molar-refractivity contribution in [2.45, 2.75) is 6.92 Å². The van der Waals surface area contributed by atoms with Gasteiger partial charge < -0.3 is 19.9 Å². The fraction of sp³-hybridized carbons (Fsp3) is 0.333. The summed E-state index contributed by atoms with van der Waals surface area (Å²) in [5, 5.41) is 11.4. The highest BCUT2D eigenvalue weighted by Crippen LogP contribution is 2.31. The lowest BCUT2D eigenvalue weighted by atomic mass is 10.2. The summed E-state index contributed by atoms with van der Waals surface area (Å²) in [6.07, 6.45) is 0. The number of nitrogens with one attached hydrogen (secondary N) is 1. The molecule has 0 saturated carbocycles. The van der Waals surface area contributed by atoms with E-state index in [0.717, 1.165) is 0 Å². The SMILES string of the molecule is CCOc1cccc(C(=O)O)c1OCC(=O)NC. The number of carboxylic acid groups (broad SMARTS) is 1. The molecule has 0 aliphatic rings. The Morgan fingerprint density at radius 2 is 2.06 bits per heavy atom. The van der Waals surface area contributed by atoms with Crippen LogP contribution >= 0.6 is 0 Å². The van der Waals surface area contributed by atoms with Crippen molar-refractivity contribution in [3.05, 3.63) is 23.8 Å². The molecule has 1 aromatic carbocycles. The molecular formula is C12H15NO5. The van der Waals surface area contributed by atoms with Crippen molar-refractivity contribution < 1.29 is 24.2 Å². The van der Waals surface area contributed by atoms with E-state index >= 15 is 0 Å². The number of benzene rings is 1. The molecule has 98 valence electrons. The predicted octanol–water partition coefficient (Wildman–Crippen LogP) is 0.908. The molecule has 2 N–H and O–H groups in total. The maximum Gasteiger partial charge on any atom is 0.339 e. The van der Waals surface area contributed by atoms with Crippen molar-refractivity contribution in [2.24, 2.45) is 0 Å². The average molecular weight is 253 g/mol. The summed E-state index contributed by atoms with van der Waals surface area (Å²) in [6.45, 7) is 1.89. The number of aromatic carboxylic acids is 1. The highest BCUT2D eigenvalue weighted by Gasteiger charge is 2.17. The first-order valence-corrected chi connectivity index (χ1v) is 5.42. The van der Waals surface area contributed by atoms with E-state index in [2.05, 4.69) is 5.32 Å². The van der Waals surface area contributed by atoms with Gasteiger partial charge in [0.15, 0.2) is 18.1 Å². The number of hydrogen-bond donors (Lipinski definition) is 2. The predicted molar refractivity (Wildman–Crippen MR) is 64.1 cm³/mol. The van der Waals surface area contributed by atoms with E-state index in [-0.39, 0.29) is 23.8 Å². The van der Waals surface area contributed by atoms with Crippen molar-refractivity contribution in [1.29, 1.82) is 0 Å². The van der Waals surface area contributed by atoms with Gasteiger partial charge >= 0.3 is 5.97 Å². The summed E-state index contributed by atoms with van der Waals surface area (Å²) in [4.78, 5) is 22.2. The van der Waals surface area contributed by atoms with Crippen molar-refractivity contribution >= 4 is 11.9 Å². The lowest BCUT2D eigenvalue weighted by Gasteiger charge is -2.13. The smallest absolute Gasteiger partial charge is 0.339 e. The molecule has 0 aliphatic heterocycles. The van der Waals surface area contributed by atoms with Crippen LogP contribution in [-0.4, -0.2) is 37.2 Å². The van der Waals surface area contributed by atoms with Crippen LogP contribution in [0.1, 0.15) is 17.3 Å². The first-order valence-electron chi connectivity index (χ1n) is 5.42. The second-order valence-electron chi connectivity index (χ2n) is 3.33. The zero-order valence-electron chi connectivity index (χ0n) is 10.2. The lowest BCUT2D eigenvalue weighted by Crippen LogP contribution is -2.25.